The summed E-state index contributed by atoms with van der Waals surface area (Å²) in [7, 11) is 1.66. The summed E-state index contributed by atoms with van der Waals surface area (Å²) in [5.41, 5.74) is 23.0. The highest BCUT2D eigenvalue weighted by Crippen LogP contribution is 2.23. The maximum atomic E-state index is 12.0. The Morgan fingerprint density at radius 2 is 1.22 bits per heavy atom. The van der Waals surface area contributed by atoms with Gasteiger partial charge in [-0.2, -0.15) is 30.1 Å². The number of carbonyl (C=O) groups excluding carboxylic acids is 2. The minimum absolute atomic E-state index is 0.0531. The summed E-state index contributed by atoms with van der Waals surface area (Å²) in [5, 5.41) is 9.90. The van der Waals surface area contributed by atoms with Crippen LogP contribution in [0.2, 0.25) is 0 Å². The molecule has 2 amide bonds. The lowest BCUT2D eigenvalue weighted by Gasteiger charge is -2.36. The molecule has 1 aliphatic rings. The van der Waals surface area contributed by atoms with Crippen LogP contribution in [-0.2, 0) is 27.3 Å². The number of amides is 2. The lowest BCUT2D eigenvalue weighted by molar-refractivity contribution is 0.0529. The number of nitrogens with zero attached hydrogens (tertiary/aromatic N) is 10. The SMILES string of the molecule is CC(C)(C)OC(=O)NNc1nc(N)nc2c1cnn2CCCl.COCCOc1ccc(N2CCN(CCn3ncc4c(NNC(=O)OC(C)(C)C)nc(N)nc43)CC2)cc1. The number of hydrogen-bond acceptors (Lipinski definition) is 18. The molecule has 1 saturated heterocycles. The Hall–Kier alpha value is -6.13. The van der Waals surface area contributed by atoms with Crippen LogP contribution in [0.25, 0.3) is 22.1 Å². The summed E-state index contributed by atoms with van der Waals surface area (Å²) < 4.78 is 24.5. The van der Waals surface area contributed by atoms with Crippen molar-refractivity contribution in [2.24, 2.45) is 0 Å². The number of nitrogen functional groups attached to an aromatic ring is 2. The Balaban J connectivity index is 0.000000263. The van der Waals surface area contributed by atoms with Crippen LogP contribution in [0.5, 0.6) is 5.75 Å². The maximum Gasteiger partial charge on any atom is 0.426 e. The van der Waals surface area contributed by atoms with Crippen molar-refractivity contribution in [1.82, 2.24) is 55.2 Å². The monoisotopic (exact) mass is 854 g/mol. The van der Waals surface area contributed by atoms with Gasteiger partial charge in [-0.05, 0) is 65.8 Å². The first-order valence-corrected chi connectivity index (χ1v) is 19.8. The molecule has 0 spiro atoms. The third-order valence-corrected chi connectivity index (χ3v) is 8.61. The number of rotatable bonds is 14. The molecule has 6 rings (SSSR count). The maximum absolute atomic E-state index is 12.0. The lowest BCUT2D eigenvalue weighted by Crippen LogP contribution is -2.47. The first kappa shape index (κ1) is 45.0. The molecule has 1 fully saturated rings. The minimum Gasteiger partial charge on any atom is -0.491 e. The summed E-state index contributed by atoms with van der Waals surface area (Å²) in [5.74, 6) is 2.05. The average molecular weight is 855 g/mol. The van der Waals surface area contributed by atoms with Crippen LogP contribution < -0.4 is 42.8 Å². The zero-order valence-electron chi connectivity index (χ0n) is 35.0. The average Bonchev–Trinajstić information content (AvgIpc) is 3.78. The number of piperazine rings is 1. The van der Waals surface area contributed by atoms with Crippen LogP contribution >= 0.6 is 11.6 Å². The van der Waals surface area contributed by atoms with Crippen molar-refractivity contribution in [2.75, 3.05) is 86.1 Å². The van der Waals surface area contributed by atoms with E-state index in [2.05, 4.69) is 73.8 Å². The van der Waals surface area contributed by atoms with Gasteiger partial charge in [-0.1, -0.05) is 0 Å². The zero-order valence-corrected chi connectivity index (χ0v) is 35.7. The van der Waals surface area contributed by atoms with E-state index in [1.165, 1.54) is 5.69 Å². The van der Waals surface area contributed by atoms with Gasteiger partial charge in [0.25, 0.3) is 0 Å². The van der Waals surface area contributed by atoms with Gasteiger partial charge in [0.2, 0.25) is 11.9 Å². The number of aryl methyl sites for hydroxylation is 1. The molecule has 1 aliphatic heterocycles. The highest BCUT2D eigenvalue weighted by molar-refractivity contribution is 6.17. The molecule has 1 aromatic carbocycles. The summed E-state index contributed by atoms with van der Waals surface area (Å²) in [6.45, 7) is 17.5. The molecular formula is C37H55ClN16O6. The number of benzene rings is 1. The predicted octanol–water partition coefficient (Wildman–Crippen LogP) is 3.61. The van der Waals surface area contributed by atoms with Gasteiger partial charge in [-0.3, -0.25) is 15.8 Å². The van der Waals surface area contributed by atoms with Crippen molar-refractivity contribution in [3.63, 3.8) is 0 Å². The molecule has 23 heteroatoms. The number of alkyl halides is 1. The number of methoxy groups -OCH3 is 1. The number of nitrogens with two attached hydrogens (primary N) is 2. The second-order valence-corrected chi connectivity index (χ2v) is 15.8. The molecule has 5 aromatic rings. The smallest absolute Gasteiger partial charge is 0.426 e. The van der Waals surface area contributed by atoms with Crippen molar-refractivity contribution in [2.45, 2.75) is 65.8 Å². The van der Waals surface area contributed by atoms with Crippen LogP contribution in [-0.4, -0.2) is 127 Å². The largest absolute Gasteiger partial charge is 0.491 e. The van der Waals surface area contributed by atoms with E-state index in [-0.39, 0.29) is 11.9 Å². The third kappa shape index (κ3) is 13.2. The molecule has 0 unspecified atom stereocenters. The number of hydrogen-bond donors (Lipinski definition) is 6. The van der Waals surface area contributed by atoms with Gasteiger partial charge in [0, 0.05) is 51.4 Å². The van der Waals surface area contributed by atoms with Gasteiger partial charge in [0.15, 0.2) is 22.9 Å². The lowest BCUT2D eigenvalue weighted by atomic mass is 10.2. The van der Waals surface area contributed by atoms with E-state index in [1.807, 2.05) is 12.1 Å². The fourth-order valence-electron chi connectivity index (χ4n) is 5.83. The summed E-state index contributed by atoms with van der Waals surface area (Å²) >= 11 is 5.71. The van der Waals surface area contributed by atoms with Crippen LogP contribution in [0, 0.1) is 0 Å². The Morgan fingerprint density at radius 1 is 0.717 bits per heavy atom. The topological polar surface area (TPSA) is 265 Å². The molecule has 326 valence electrons. The number of halogens is 1. The molecule has 0 radical (unpaired) electrons. The molecule has 60 heavy (non-hydrogen) atoms. The molecule has 0 aliphatic carbocycles. The van der Waals surface area contributed by atoms with Gasteiger partial charge < -0.3 is 35.3 Å². The van der Waals surface area contributed by atoms with Gasteiger partial charge in [0.1, 0.15) is 23.6 Å². The van der Waals surface area contributed by atoms with Crippen molar-refractivity contribution in [3.8, 4) is 5.75 Å². The molecule has 8 N–H and O–H groups in total. The van der Waals surface area contributed by atoms with Gasteiger partial charge in [-0.25, -0.2) is 29.8 Å². The minimum atomic E-state index is -0.633. The molecular weight excluding hydrogens is 800 g/mol. The van der Waals surface area contributed by atoms with Crippen LogP contribution in [0.4, 0.5) is 38.8 Å². The number of nitrogens with one attached hydrogen (secondary N) is 4. The number of fused-ring (bicyclic) bond motifs is 2. The van der Waals surface area contributed by atoms with Crippen molar-refractivity contribution >= 4 is 75.1 Å². The van der Waals surface area contributed by atoms with Crippen molar-refractivity contribution in [3.05, 3.63) is 36.7 Å². The Kier molecular flexibility index (Phi) is 15.2. The van der Waals surface area contributed by atoms with Gasteiger partial charge in [-0.15, -0.1) is 11.6 Å². The highest BCUT2D eigenvalue weighted by atomic mass is 35.5. The van der Waals surface area contributed by atoms with E-state index in [0.29, 0.717) is 65.9 Å². The molecule has 22 nitrogen and oxygen atoms in total. The van der Waals surface area contributed by atoms with Crippen LogP contribution in [0.3, 0.4) is 0 Å². The molecule has 0 saturated carbocycles. The Bertz CT molecular complexity index is 2180. The molecule has 5 heterocycles. The van der Waals surface area contributed by atoms with Crippen LogP contribution in [0.15, 0.2) is 36.7 Å². The standard InChI is InChI=1S/C25H37N9O4.C12H18ClN7O2/c1-25(2,3)38-24(35)31-30-21-20-17-27-34(22(20)29-23(26)28-21)14-11-32-9-12-33(13-10-32)18-5-7-19(8-6-18)37-16-15-36-4;1-12(2,3)22-11(21)19-18-8-7-6-15-20(5-4-13)9(7)17-10(14)16-8/h5-8,17H,9-16H2,1-4H3,(H,31,35)(H3,26,28,29,30);6H,4-5H2,1-3H3,(H,19,21)(H3,14,16,17,18). The number of ether oxygens (including phenoxy) is 4. The van der Waals surface area contributed by atoms with Crippen molar-refractivity contribution in [1.29, 1.82) is 0 Å². The highest BCUT2D eigenvalue weighted by Gasteiger charge is 2.21. The quantitative estimate of drug-likeness (QED) is 0.0529. The molecule has 0 atom stereocenters. The predicted molar refractivity (Wildman–Crippen MR) is 229 cm³/mol. The van der Waals surface area contributed by atoms with E-state index in [1.54, 1.807) is 70.4 Å². The van der Waals surface area contributed by atoms with E-state index >= 15 is 0 Å². The fourth-order valence-corrected chi connectivity index (χ4v) is 5.99. The Morgan fingerprint density at radius 3 is 1.68 bits per heavy atom. The van der Waals surface area contributed by atoms with E-state index in [4.69, 9.17) is 42.0 Å². The third-order valence-electron chi connectivity index (χ3n) is 8.45. The summed E-state index contributed by atoms with van der Waals surface area (Å²) in [6, 6.07) is 8.20. The van der Waals surface area contributed by atoms with Gasteiger partial charge in [0.05, 0.1) is 42.9 Å². The van der Waals surface area contributed by atoms with E-state index in [9.17, 15) is 9.59 Å². The Labute approximate surface area is 352 Å². The summed E-state index contributed by atoms with van der Waals surface area (Å²) in [6.07, 6.45) is 1.97. The second kappa shape index (κ2) is 20.2. The van der Waals surface area contributed by atoms with Crippen molar-refractivity contribution < 1.29 is 28.5 Å². The molecule has 4 aromatic heterocycles. The first-order chi connectivity index (χ1) is 28.5. The first-order valence-electron chi connectivity index (χ1n) is 19.2. The normalized spacial score (nSPS) is 13.4. The fraction of sp³-hybridized carbons (Fsp3) is 0.514. The van der Waals surface area contributed by atoms with Crippen LogP contribution in [0.1, 0.15) is 41.5 Å². The number of anilines is 5. The van der Waals surface area contributed by atoms with E-state index in [0.717, 1.165) is 38.5 Å². The number of carbonyl (C=O) groups is 2. The summed E-state index contributed by atoms with van der Waals surface area (Å²) in [4.78, 5) is 45.2. The second-order valence-electron chi connectivity index (χ2n) is 15.4. The number of aromatic nitrogens is 8. The van der Waals surface area contributed by atoms with Gasteiger partial charge >= 0.3 is 12.2 Å². The van der Waals surface area contributed by atoms with E-state index < -0.39 is 23.4 Å². The number of hydrazine groups is 2. The molecule has 0 bridgehead atoms. The zero-order chi connectivity index (χ0) is 43.5.